The van der Waals surface area contributed by atoms with Gasteiger partial charge in [-0.15, -0.1) is 22.7 Å². The standard InChI is InChI=1S/C20H17Cl2N3O3S2.K/c1-10(23-24-19(27)15-6-7-16(30-15)20(28)25(2)3)12-9-29-18(17(12)26)11-4-5-13(21)14(22)8-11;/h4-9,26H,1-3H3,(H,24,27);. The van der Waals surface area contributed by atoms with Crippen molar-refractivity contribution in [2.24, 2.45) is 5.10 Å². The molecule has 0 aliphatic rings. The minimum atomic E-state index is -0.434. The van der Waals surface area contributed by atoms with Crippen molar-refractivity contribution in [3.05, 3.63) is 61.1 Å². The minimum Gasteiger partial charge on any atom is -0.506 e. The van der Waals surface area contributed by atoms with E-state index in [4.69, 9.17) is 23.2 Å². The van der Waals surface area contributed by atoms with Gasteiger partial charge in [0.15, 0.2) is 0 Å². The first kappa shape index (κ1) is 26.5. The molecule has 157 valence electrons. The van der Waals surface area contributed by atoms with Crippen LogP contribution in [0.15, 0.2) is 40.8 Å². The molecule has 1 aromatic carbocycles. The van der Waals surface area contributed by atoms with Gasteiger partial charge in [0.25, 0.3) is 11.8 Å². The second-order valence-corrected chi connectivity index (χ2v) is 9.24. The third kappa shape index (κ3) is 6.19. The van der Waals surface area contributed by atoms with Gasteiger partial charge >= 0.3 is 0 Å². The van der Waals surface area contributed by atoms with Crippen LogP contribution in [-0.4, -0.2) is 93.0 Å². The summed E-state index contributed by atoms with van der Waals surface area (Å²) in [5.41, 5.74) is 4.12. The number of hydrogen-bond acceptors (Lipinski definition) is 6. The third-order valence-electron chi connectivity index (χ3n) is 4.11. The molecule has 31 heavy (non-hydrogen) atoms. The number of benzene rings is 1. The van der Waals surface area contributed by atoms with E-state index in [0.29, 0.717) is 36.0 Å². The van der Waals surface area contributed by atoms with Crippen LogP contribution < -0.4 is 5.43 Å². The average molecular weight is 522 g/mol. The Kier molecular flexibility index (Phi) is 9.74. The second kappa shape index (κ2) is 11.4. The summed E-state index contributed by atoms with van der Waals surface area (Å²) in [5.74, 6) is -0.558. The molecule has 2 amide bonds. The van der Waals surface area contributed by atoms with Crippen LogP contribution in [0.1, 0.15) is 31.8 Å². The molecule has 0 fully saturated rings. The number of amides is 2. The van der Waals surface area contributed by atoms with E-state index in [1.165, 1.54) is 16.2 Å². The maximum Gasteiger partial charge on any atom is 0.281 e. The van der Waals surface area contributed by atoms with Crippen molar-refractivity contribution >= 4 is 115 Å². The first-order valence-corrected chi connectivity index (χ1v) is 11.1. The zero-order chi connectivity index (χ0) is 22.0. The fourth-order valence-corrected chi connectivity index (χ4v) is 4.71. The second-order valence-electron chi connectivity index (χ2n) is 6.46. The number of aromatic hydroxyl groups is 1. The van der Waals surface area contributed by atoms with Crippen LogP contribution in [0.2, 0.25) is 10.0 Å². The van der Waals surface area contributed by atoms with Gasteiger partial charge in [0, 0.05) is 70.9 Å². The molecule has 1 radical (unpaired) electrons. The minimum absolute atomic E-state index is 0. The molecule has 2 aromatic heterocycles. The van der Waals surface area contributed by atoms with Crippen molar-refractivity contribution in [1.82, 2.24) is 10.3 Å². The Morgan fingerprint density at radius 2 is 1.77 bits per heavy atom. The maximum absolute atomic E-state index is 12.3. The van der Waals surface area contributed by atoms with Gasteiger partial charge in [-0.1, -0.05) is 29.3 Å². The third-order valence-corrected chi connectivity index (χ3v) is 6.94. The fourth-order valence-electron chi connectivity index (χ4n) is 2.50. The van der Waals surface area contributed by atoms with E-state index in [1.807, 2.05) is 0 Å². The topological polar surface area (TPSA) is 82.0 Å². The predicted molar refractivity (Wildman–Crippen MR) is 129 cm³/mol. The molecule has 11 heteroatoms. The van der Waals surface area contributed by atoms with Crippen LogP contribution in [0.5, 0.6) is 5.75 Å². The van der Waals surface area contributed by atoms with Crippen molar-refractivity contribution in [2.75, 3.05) is 14.1 Å². The molecular weight excluding hydrogens is 504 g/mol. The molecule has 0 unspecified atom stereocenters. The van der Waals surface area contributed by atoms with E-state index in [-0.39, 0.29) is 63.0 Å². The normalized spacial score (nSPS) is 11.1. The van der Waals surface area contributed by atoms with Gasteiger partial charge in [0.1, 0.15) is 5.75 Å². The Labute approximate surface area is 240 Å². The number of carbonyl (C=O) groups excluding carboxylic acids is 2. The number of rotatable bonds is 5. The quantitative estimate of drug-likeness (QED) is 0.283. The molecule has 0 atom stereocenters. The summed E-state index contributed by atoms with van der Waals surface area (Å²) in [5, 5.41) is 17.3. The van der Waals surface area contributed by atoms with Crippen LogP contribution in [0.25, 0.3) is 10.4 Å². The van der Waals surface area contributed by atoms with Gasteiger partial charge in [-0.05, 0) is 36.8 Å². The smallest absolute Gasteiger partial charge is 0.281 e. The van der Waals surface area contributed by atoms with Crippen molar-refractivity contribution in [2.45, 2.75) is 6.92 Å². The van der Waals surface area contributed by atoms with Crippen molar-refractivity contribution < 1.29 is 14.7 Å². The molecule has 0 aliphatic carbocycles. The molecule has 2 N–H and O–H groups in total. The zero-order valence-electron chi connectivity index (χ0n) is 17.2. The molecule has 3 rings (SSSR count). The van der Waals surface area contributed by atoms with E-state index in [2.05, 4.69) is 10.5 Å². The molecule has 2 heterocycles. The molecule has 0 saturated carbocycles. The summed E-state index contributed by atoms with van der Waals surface area (Å²) in [6.07, 6.45) is 0. The molecule has 0 aliphatic heterocycles. The van der Waals surface area contributed by atoms with Crippen molar-refractivity contribution in [3.8, 4) is 16.2 Å². The van der Waals surface area contributed by atoms with E-state index in [1.54, 1.807) is 56.7 Å². The summed E-state index contributed by atoms with van der Waals surface area (Å²) in [6, 6.07) is 8.28. The van der Waals surface area contributed by atoms with Crippen LogP contribution >= 0.6 is 45.9 Å². The first-order chi connectivity index (χ1) is 14.2. The number of nitrogens with zero attached hydrogens (tertiary/aromatic N) is 2. The van der Waals surface area contributed by atoms with Crippen LogP contribution in [0, 0.1) is 0 Å². The monoisotopic (exact) mass is 520 g/mol. The van der Waals surface area contributed by atoms with Crippen molar-refractivity contribution in [1.29, 1.82) is 0 Å². The van der Waals surface area contributed by atoms with Crippen molar-refractivity contribution in [3.63, 3.8) is 0 Å². The molecule has 0 bridgehead atoms. The SMILES string of the molecule is CC(=NNC(=O)c1ccc(C(=O)N(C)C)s1)c1csc(-c2ccc(Cl)c(Cl)c2)c1O.[K]. The Bertz CT molecular complexity index is 1160. The number of thiophene rings is 2. The molecule has 0 spiro atoms. The Balaban J connectivity index is 0.00000341. The zero-order valence-corrected chi connectivity index (χ0v) is 23.5. The Morgan fingerprint density at radius 1 is 1.10 bits per heavy atom. The average Bonchev–Trinajstić information content (AvgIpc) is 3.34. The maximum atomic E-state index is 12.3. The summed E-state index contributed by atoms with van der Waals surface area (Å²) in [4.78, 5) is 27.2. The van der Waals surface area contributed by atoms with Gasteiger partial charge in [-0.2, -0.15) is 5.10 Å². The van der Waals surface area contributed by atoms with Gasteiger partial charge in [-0.3, -0.25) is 9.59 Å². The fraction of sp³-hybridized carbons (Fsp3) is 0.150. The molecular formula is C20H17Cl2KN3O3S2. The van der Waals surface area contributed by atoms with E-state index >= 15 is 0 Å². The Hall–Kier alpha value is -0.754. The summed E-state index contributed by atoms with van der Waals surface area (Å²) < 4.78 is 0. The molecule has 0 saturated heterocycles. The number of hydrazone groups is 1. The summed E-state index contributed by atoms with van der Waals surface area (Å²) >= 11 is 14.4. The Morgan fingerprint density at radius 3 is 2.42 bits per heavy atom. The molecule has 6 nitrogen and oxygen atoms in total. The van der Waals surface area contributed by atoms with Gasteiger partial charge in [-0.25, -0.2) is 5.43 Å². The van der Waals surface area contributed by atoms with Crippen LogP contribution in [-0.2, 0) is 0 Å². The van der Waals surface area contributed by atoms with Gasteiger partial charge in [0.2, 0.25) is 0 Å². The van der Waals surface area contributed by atoms with Crippen LogP contribution in [0.4, 0.5) is 0 Å². The summed E-state index contributed by atoms with van der Waals surface area (Å²) in [6.45, 7) is 1.68. The van der Waals surface area contributed by atoms with E-state index in [0.717, 1.165) is 16.9 Å². The van der Waals surface area contributed by atoms with E-state index < -0.39 is 5.91 Å². The van der Waals surface area contributed by atoms with E-state index in [9.17, 15) is 14.7 Å². The molecule has 3 aromatic rings. The van der Waals surface area contributed by atoms with Gasteiger partial charge < -0.3 is 10.0 Å². The summed E-state index contributed by atoms with van der Waals surface area (Å²) in [7, 11) is 3.30. The largest absolute Gasteiger partial charge is 0.506 e. The first-order valence-electron chi connectivity index (χ1n) is 8.61. The number of nitrogens with one attached hydrogen (secondary N) is 1. The van der Waals surface area contributed by atoms with Gasteiger partial charge in [0.05, 0.1) is 36.0 Å². The number of carbonyl (C=O) groups is 2. The van der Waals surface area contributed by atoms with Crippen LogP contribution in [0.3, 0.4) is 0 Å². The predicted octanol–water partition coefficient (Wildman–Crippen LogP) is 4.96. The number of hydrogen-bond donors (Lipinski definition) is 2. The number of halogens is 2.